The summed E-state index contributed by atoms with van der Waals surface area (Å²) in [4.78, 5) is 25.8. The molecule has 0 unspecified atom stereocenters. The second-order valence-electron chi connectivity index (χ2n) is 9.72. The minimum Gasteiger partial charge on any atom is -0.402 e. The van der Waals surface area contributed by atoms with Gasteiger partial charge in [-0.25, -0.2) is 9.98 Å². The number of hydrogen-bond donors (Lipinski definition) is 2. The van der Waals surface area contributed by atoms with E-state index in [-0.39, 0.29) is 23.3 Å². The maximum Gasteiger partial charge on any atom is 0.417 e. The SMILES string of the molecule is CN1CCN(c2cc(C(F)(F)F)cnc2-c2nnc(N[C@H]3N=C(c4ccccc4)c4ccccc4NC3=O)o2)CC1. The van der Waals surface area contributed by atoms with E-state index in [0.29, 0.717) is 37.6 Å². The van der Waals surface area contributed by atoms with Crippen molar-refractivity contribution in [3.05, 3.63) is 83.6 Å². The average molecular weight is 563 g/mol. The number of piperazine rings is 1. The van der Waals surface area contributed by atoms with Crippen LogP contribution in [0.3, 0.4) is 0 Å². The average Bonchev–Trinajstić information content (AvgIpc) is 3.38. The molecule has 1 saturated heterocycles. The second-order valence-corrected chi connectivity index (χ2v) is 9.72. The number of pyridine rings is 1. The van der Waals surface area contributed by atoms with E-state index in [1.54, 1.807) is 6.07 Å². The number of fused-ring (bicyclic) bond motifs is 1. The van der Waals surface area contributed by atoms with Crippen molar-refractivity contribution in [2.24, 2.45) is 4.99 Å². The van der Waals surface area contributed by atoms with Crippen LogP contribution in [0.15, 0.2) is 76.3 Å². The lowest BCUT2D eigenvalue weighted by Gasteiger charge is -2.34. The molecule has 2 aliphatic rings. The first kappa shape index (κ1) is 26.4. The van der Waals surface area contributed by atoms with Crippen LogP contribution in [0.25, 0.3) is 11.6 Å². The van der Waals surface area contributed by atoms with Gasteiger partial charge in [-0.1, -0.05) is 53.6 Å². The lowest BCUT2D eigenvalue weighted by Crippen LogP contribution is -2.44. The van der Waals surface area contributed by atoms with Crippen molar-refractivity contribution in [3.63, 3.8) is 0 Å². The predicted octanol–water partition coefficient (Wildman–Crippen LogP) is 4.13. The molecule has 4 heterocycles. The third kappa shape index (κ3) is 5.48. The molecule has 2 N–H and O–H groups in total. The Balaban J connectivity index is 1.33. The smallest absolute Gasteiger partial charge is 0.402 e. The van der Waals surface area contributed by atoms with Crippen molar-refractivity contribution in [2.75, 3.05) is 48.8 Å². The highest BCUT2D eigenvalue weighted by atomic mass is 19.4. The summed E-state index contributed by atoms with van der Waals surface area (Å²) in [6.45, 7) is 2.36. The topological polar surface area (TPSA) is 112 Å². The van der Waals surface area contributed by atoms with E-state index in [1.165, 1.54) is 0 Å². The molecule has 0 spiro atoms. The number of benzodiazepines with no additional fused rings is 1. The highest BCUT2D eigenvalue weighted by molar-refractivity contribution is 6.19. The van der Waals surface area contributed by atoms with Gasteiger partial charge in [-0.05, 0) is 19.2 Å². The summed E-state index contributed by atoms with van der Waals surface area (Å²) < 4.78 is 46.4. The predicted molar refractivity (Wildman–Crippen MR) is 147 cm³/mol. The molecule has 6 rings (SSSR count). The van der Waals surface area contributed by atoms with E-state index in [9.17, 15) is 18.0 Å². The van der Waals surface area contributed by atoms with E-state index >= 15 is 0 Å². The van der Waals surface area contributed by atoms with Crippen LogP contribution >= 0.6 is 0 Å². The molecule has 1 fully saturated rings. The monoisotopic (exact) mass is 562 g/mol. The van der Waals surface area contributed by atoms with Gasteiger partial charge in [0.15, 0.2) is 5.69 Å². The molecule has 210 valence electrons. The van der Waals surface area contributed by atoms with Crippen LogP contribution in [0.2, 0.25) is 0 Å². The highest BCUT2D eigenvalue weighted by Gasteiger charge is 2.34. The number of para-hydroxylation sites is 1. The number of anilines is 3. The zero-order valence-electron chi connectivity index (χ0n) is 21.9. The van der Waals surface area contributed by atoms with E-state index in [0.717, 1.165) is 23.4 Å². The van der Waals surface area contributed by atoms with Crippen LogP contribution in [0.1, 0.15) is 16.7 Å². The Hall–Kier alpha value is -4.78. The lowest BCUT2D eigenvalue weighted by molar-refractivity contribution is -0.137. The quantitative estimate of drug-likeness (QED) is 0.374. The van der Waals surface area contributed by atoms with Gasteiger partial charge in [-0.2, -0.15) is 13.2 Å². The number of halogens is 3. The summed E-state index contributed by atoms with van der Waals surface area (Å²) in [5.74, 6) is -0.534. The Morgan fingerprint density at radius 3 is 2.49 bits per heavy atom. The van der Waals surface area contributed by atoms with Crippen LogP contribution in [0.4, 0.5) is 30.6 Å². The van der Waals surface area contributed by atoms with Crippen molar-refractivity contribution < 1.29 is 22.4 Å². The normalized spacial score (nSPS) is 17.9. The van der Waals surface area contributed by atoms with Gasteiger partial charge in [0.1, 0.15) is 0 Å². The number of hydrogen-bond acceptors (Lipinski definition) is 9. The molecule has 0 radical (unpaired) electrons. The Kier molecular flexibility index (Phi) is 6.87. The van der Waals surface area contributed by atoms with E-state index in [2.05, 4.69) is 30.7 Å². The number of alkyl halides is 3. The van der Waals surface area contributed by atoms with Gasteiger partial charge in [0, 0.05) is 43.5 Å². The Morgan fingerprint density at radius 1 is 1.00 bits per heavy atom. The van der Waals surface area contributed by atoms with Crippen LogP contribution in [-0.2, 0) is 11.0 Å². The molecule has 4 aromatic rings. The zero-order chi connectivity index (χ0) is 28.6. The van der Waals surface area contributed by atoms with Crippen LogP contribution in [0.5, 0.6) is 0 Å². The van der Waals surface area contributed by atoms with E-state index in [4.69, 9.17) is 9.41 Å². The van der Waals surface area contributed by atoms with Crippen molar-refractivity contribution in [2.45, 2.75) is 12.3 Å². The maximum atomic E-state index is 13.5. The molecule has 13 heteroatoms. The summed E-state index contributed by atoms with van der Waals surface area (Å²) in [6, 6.07) is 17.7. The fourth-order valence-corrected chi connectivity index (χ4v) is 4.74. The van der Waals surface area contributed by atoms with Gasteiger partial charge in [0.05, 0.1) is 22.6 Å². The minimum absolute atomic E-state index is 0.0836. The molecule has 0 saturated carbocycles. The van der Waals surface area contributed by atoms with Crippen molar-refractivity contribution in [1.82, 2.24) is 20.1 Å². The molecule has 2 aromatic heterocycles. The largest absolute Gasteiger partial charge is 0.417 e. The Morgan fingerprint density at radius 2 is 1.73 bits per heavy atom. The summed E-state index contributed by atoms with van der Waals surface area (Å²) in [7, 11) is 1.95. The Labute approximate surface area is 232 Å². The molecule has 2 aromatic carbocycles. The third-order valence-corrected chi connectivity index (χ3v) is 6.92. The molecule has 2 aliphatic heterocycles. The summed E-state index contributed by atoms with van der Waals surface area (Å²) >= 11 is 0. The number of aromatic nitrogens is 3. The number of carbonyl (C=O) groups excluding carboxylic acids is 1. The van der Waals surface area contributed by atoms with Gasteiger partial charge in [-0.15, -0.1) is 5.10 Å². The molecule has 0 aliphatic carbocycles. The summed E-state index contributed by atoms with van der Waals surface area (Å²) in [5, 5.41) is 13.8. The van der Waals surface area contributed by atoms with Crippen LogP contribution < -0.4 is 15.5 Å². The number of nitrogens with one attached hydrogen (secondary N) is 2. The highest BCUT2D eigenvalue weighted by Crippen LogP contribution is 2.36. The first-order valence-corrected chi connectivity index (χ1v) is 12.9. The standard InChI is InChI=1S/C28H25F3N8O2/c1-38-11-13-39(14-12-38)21-15-18(28(29,30)31)16-32-23(21)26-36-37-27(41-26)35-24-25(40)33-20-10-6-5-9-19(20)22(34-24)17-7-3-2-4-8-17/h2-10,15-16,24H,11-14H2,1H3,(H,33,40)(H,35,37)/t24-/m1/s1. The fraction of sp³-hybridized carbons (Fsp3) is 0.250. The van der Waals surface area contributed by atoms with Gasteiger partial charge in [0.2, 0.25) is 6.17 Å². The van der Waals surface area contributed by atoms with Crippen molar-refractivity contribution in [1.29, 1.82) is 0 Å². The fourth-order valence-electron chi connectivity index (χ4n) is 4.74. The number of carbonyl (C=O) groups is 1. The number of nitrogens with zero attached hydrogens (tertiary/aromatic N) is 6. The first-order chi connectivity index (χ1) is 19.8. The molecule has 10 nitrogen and oxygen atoms in total. The molecule has 41 heavy (non-hydrogen) atoms. The van der Waals surface area contributed by atoms with Crippen molar-refractivity contribution in [3.8, 4) is 11.6 Å². The Bertz CT molecular complexity index is 1600. The zero-order valence-corrected chi connectivity index (χ0v) is 21.9. The maximum absolute atomic E-state index is 13.5. The molecule has 0 bridgehead atoms. The van der Waals surface area contributed by atoms with Crippen LogP contribution in [0, 0.1) is 0 Å². The molecular formula is C28H25F3N8O2. The van der Waals surface area contributed by atoms with Gasteiger partial charge >= 0.3 is 12.2 Å². The molecule has 1 amide bonds. The number of rotatable bonds is 5. The number of likely N-dealkylation sites (N-methyl/N-ethyl adjacent to an activating group) is 1. The van der Waals surface area contributed by atoms with Gasteiger partial charge in [-0.3, -0.25) is 4.79 Å². The van der Waals surface area contributed by atoms with Gasteiger partial charge < -0.3 is 24.9 Å². The second kappa shape index (κ2) is 10.7. The van der Waals surface area contributed by atoms with E-state index < -0.39 is 23.8 Å². The van der Waals surface area contributed by atoms with Gasteiger partial charge in [0.25, 0.3) is 11.8 Å². The molecular weight excluding hydrogens is 537 g/mol. The number of benzene rings is 2. The summed E-state index contributed by atoms with van der Waals surface area (Å²) in [6.07, 6.45) is -4.95. The summed E-state index contributed by atoms with van der Waals surface area (Å²) in [5.41, 5.74) is 2.23. The number of amides is 1. The van der Waals surface area contributed by atoms with Crippen molar-refractivity contribution >= 4 is 29.0 Å². The minimum atomic E-state index is -4.56. The third-order valence-electron chi connectivity index (χ3n) is 6.92. The van der Waals surface area contributed by atoms with Crippen LogP contribution in [-0.4, -0.2) is 71.1 Å². The van der Waals surface area contributed by atoms with E-state index in [1.807, 2.05) is 60.5 Å². The first-order valence-electron chi connectivity index (χ1n) is 12.9. The number of aliphatic imine (C=N–C) groups is 1. The molecule has 1 atom stereocenters. The lowest BCUT2D eigenvalue weighted by atomic mass is 10.0.